The average Bonchev–Trinajstić information content (AvgIpc) is 2.50. The first-order valence-corrected chi connectivity index (χ1v) is 7.00. The van der Waals surface area contributed by atoms with Gasteiger partial charge in [0.15, 0.2) is 0 Å². The van der Waals surface area contributed by atoms with Gasteiger partial charge in [0, 0.05) is 11.4 Å². The molecular weight excluding hydrogens is 267 g/mol. The van der Waals surface area contributed by atoms with E-state index < -0.39 is 6.04 Å². The number of halogens is 1. The standard InChI is InChI=1S/C17H19FN2O/c1-3-13-4-8-16(9-5-13)20-17(21)12(2)19-15-10-6-14(18)7-11-15/h4-12,19H,3H2,1-2H3,(H,20,21)/t12-/m1/s1. The molecule has 3 nitrogen and oxygen atoms in total. The number of aryl methyl sites for hydroxylation is 1. The Morgan fingerprint density at radius 2 is 1.62 bits per heavy atom. The van der Waals surface area contributed by atoms with Crippen molar-refractivity contribution < 1.29 is 9.18 Å². The highest BCUT2D eigenvalue weighted by Crippen LogP contribution is 2.13. The summed E-state index contributed by atoms with van der Waals surface area (Å²) in [5.74, 6) is -0.433. The molecule has 4 heteroatoms. The fourth-order valence-electron chi connectivity index (χ4n) is 1.94. The lowest BCUT2D eigenvalue weighted by Crippen LogP contribution is -2.31. The average molecular weight is 286 g/mol. The third kappa shape index (κ3) is 4.31. The number of nitrogens with one attached hydrogen (secondary N) is 2. The molecular formula is C17H19FN2O. The third-order valence-electron chi connectivity index (χ3n) is 3.25. The van der Waals surface area contributed by atoms with Crippen molar-refractivity contribution in [2.45, 2.75) is 26.3 Å². The van der Waals surface area contributed by atoms with E-state index in [9.17, 15) is 9.18 Å². The molecule has 110 valence electrons. The van der Waals surface area contributed by atoms with Gasteiger partial charge >= 0.3 is 0 Å². The Labute approximate surface area is 124 Å². The van der Waals surface area contributed by atoms with Gasteiger partial charge in [0.25, 0.3) is 0 Å². The van der Waals surface area contributed by atoms with Crippen LogP contribution in [0.25, 0.3) is 0 Å². The molecule has 2 rings (SSSR count). The SMILES string of the molecule is CCc1ccc(NC(=O)[C@@H](C)Nc2ccc(F)cc2)cc1. The third-order valence-corrected chi connectivity index (χ3v) is 3.25. The molecule has 1 atom stereocenters. The normalized spacial score (nSPS) is 11.8. The van der Waals surface area contributed by atoms with E-state index >= 15 is 0 Å². The molecule has 0 unspecified atom stereocenters. The highest BCUT2D eigenvalue weighted by Gasteiger charge is 2.12. The predicted molar refractivity (Wildman–Crippen MR) is 83.9 cm³/mol. The molecule has 0 bridgehead atoms. The van der Waals surface area contributed by atoms with Crippen LogP contribution < -0.4 is 10.6 Å². The summed E-state index contributed by atoms with van der Waals surface area (Å²) in [5, 5.41) is 5.88. The highest BCUT2D eigenvalue weighted by molar-refractivity contribution is 5.96. The first-order valence-electron chi connectivity index (χ1n) is 7.00. The predicted octanol–water partition coefficient (Wildman–Crippen LogP) is 3.83. The summed E-state index contributed by atoms with van der Waals surface area (Å²) in [6.07, 6.45) is 0.969. The minimum atomic E-state index is -0.415. The van der Waals surface area contributed by atoms with E-state index in [0.29, 0.717) is 5.69 Å². The molecule has 21 heavy (non-hydrogen) atoms. The molecule has 2 aromatic rings. The molecule has 0 fully saturated rings. The first kappa shape index (κ1) is 15.0. The Morgan fingerprint density at radius 3 is 2.19 bits per heavy atom. The van der Waals surface area contributed by atoms with Gasteiger partial charge in [0.05, 0.1) is 0 Å². The Balaban J connectivity index is 1.93. The molecule has 2 N–H and O–H groups in total. The van der Waals surface area contributed by atoms with Crippen molar-refractivity contribution in [3.05, 3.63) is 59.9 Å². The van der Waals surface area contributed by atoms with Crippen molar-refractivity contribution in [1.82, 2.24) is 0 Å². The maximum Gasteiger partial charge on any atom is 0.246 e. The van der Waals surface area contributed by atoms with Gasteiger partial charge in [-0.05, 0) is 55.3 Å². The zero-order valence-corrected chi connectivity index (χ0v) is 12.2. The van der Waals surface area contributed by atoms with Gasteiger partial charge in [-0.1, -0.05) is 19.1 Å². The number of carbonyl (C=O) groups excluding carboxylic acids is 1. The largest absolute Gasteiger partial charge is 0.374 e. The summed E-state index contributed by atoms with van der Waals surface area (Å²) in [4.78, 5) is 12.1. The molecule has 2 aromatic carbocycles. The molecule has 0 aromatic heterocycles. The van der Waals surface area contributed by atoms with Crippen molar-refractivity contribution >= 4 is 17.3 Å². The molecule has 0 heterocycles. The second kappa shape index (κ2) is 6.88. The van der Waals surface area contributed by atoms with Gasteiger partial charge in [-0.25, -0.2) is 4.39 Å². The van der Waals surface area contributed by atoms with Crippen molar-refractivity contribution in [3.8, 4) is 0 Å². The van der Waals surface area contributed by atoms with Crippen LogP contribution >= 0.6 is 0 Å². The molecule has 0 saturated heterocycles. The Morgan fingerprint density at radius 1 is 1.05 bits per heavy atom. The topological polar surface area (TPSA) is 41.1 Å². The molecule has 0 aliphatic heterocycles. The number of hydrogen-bond acceptors (Lipinski definition) is 2. The lowest BCUT2D eigenvalue weighted by molar-refractivity contribution is -0.116. The van der Waals surface area contributed by atoms with E-state index in [0.717, 1.165) is 12.1 Å². The van der Waals surface area contributed by atoms with Crippen molar-refractivity contribution in [2.24, 2.45) is 0 Å². The smallest absolute Gasteiger partial charge is 0.246 e. The number of carbonyl (C=O) groups is 1. The first-order chi connectivity index (χ1) is 10.1. The van der Waals surface area contributed by atoms with Gasteiger partial charge in [-0.15, -0.1) is 0 Å². The van der Waals surface area contributed by atoms with Crippen LogP contribution in [0.2, 0.25) is 0 Å². The summed E-state index contributed by atoms with van der Waals surface area (Å²) in [7, 11) is 0. The van der Waals surface area contributed by atoms with E-state index in [4.69, 9.17) is 0 Å². The van der Waals surface area contributed by atoms with Crippen molar-refractivity contribution in [2.75, 3.05) is 10.6 Å². The molecule has 0 radical (unpaired) electrons. The van der Waals surface area contributed by atoms with Crippen LogP contribution in [0.15, 0.2) is 48.5 Å². The van der Waals surface area contributed by atoms with Crippen LogP contribution in [0.4, 0.5) is 15.8 Å². The van der Waals surface area contributed by atoms with Gasteiger partial charge in [-0.3, -0.25) is 4.79 Å². The number of anilines is 2. The van der Waals surface area contributed by atoms with E-state index in [1.165, 1.54) is 17.7 Å². The van der Waals surface area contributed by atoms with Crippen LogP contribution in [0.3, 0.4) is 0 Å². The maximum atomic E-state index is 12.8. The van der Waals surface area contributed by atoms with Crippen LogP contribution in [-0.2, 0) is 11.2 Å². The number of benzene rings is 2. The number of rotatable bonds is 5. The van der Waals surface area contributed by atoms with Crippen molar-refractivity contribution in [1.29, 1.82) is 0 Å². The monoisotopic (exact) mass is 286 g/mol. The van der Waals surface area contributed by atoms with Gasteiger partial charge in [-0.2, -0.15) is 0 Å². The highest BCUT2D eigenvalue weighted by atomic mass is 19.1. The van der Waals surface area contributed by atoms with E-state index in [2.05, 4.69) is 17.6 Å². The van der Waals surface area contributed by atoms with Crippen LogP contribution in [0.5, 0.6) is 0 Å². The van der Waals surface area contributed by atoms with Gasteiger partial charge in [0.1, 0.15) is 11.9 Å². The second-order valence-corrected chi connectivity index (χ2v) is 4.91. The lowest BCUT2D eigenvalue weighted by atomic mass is 10.1. The molecule has 0 aliphatic rings. The van der Waals surface area contributed by atoms with Crippen LogP contribution in [0, 0.1) is 5.82 Å². The van der Waals surface area contributed by atoms with Crippen LogP contribution in [0.1, 0.15) is 19.4 Å². The van der Waals surface area contributed by atoms with E-state index in [-0.39, 0.29) is 11.7 Å². The molecule has 0 saturated carbocycles. The Kier molecular flexibility index (Phi) is 4.93. The zero-order chi connectivity index (χ0) is 15.2. The summed E-state index contributed by atoms with van der Waals surface area (Å²) in [5.41, 5.74) is 2.70. The van der Waals surface area contributed by atoms with E-state index in [1.54, 1.807) is 19.1 Å². The fourth-order valence-corrected chi connectivity index (χ4v) is 1.94. The Hall–Kier alpha value is -2.36. The molecule has 1 amide bonds. The minimum Gasteiger partial charge on any atom is -0.374 e. The molecule has 0 spiro atoms. The maximum absolute atomic E-state index is 12.8. The second-order valence-electron chi connectivity index (χ2n) is 4.91. The number of hydrogen-bond donors (Lipinski definition) is 2. The summed E-state index contributed by atoms with van der Waals surface area (Å²) in [6.45, 7) is 3.85. The molecule has 0 aliphatic carbocycles. The fraction of sp³-hybridized carbons (Fsp3) is 0.235. The minimum absolute atomic E-state index is 0.136. The number of amides is 1. The summed E-state index contributed by atoms with van der Waals surface area (Å²) >= 11 is 0. The van der Waals surface area contributed by atoms with Crippen molar-refractivity contribution in [3.63, 3.8) is 0 Å². The lowest BCUT2D eigenvalue weighted by Gasteiger charge is -2.15. The Bertz CT molecular complexity index is 593. The summed E-state index contributed by atoms with van der Waals surface area (Å²) < 4.78 is 12.8. The van der Waals surface area contributed by atoms with E-state index in [1.807, 2.05) is 24.3 Å². The van der Waals surface area contributed by atoms with Crippen LogP contribution in [-0.4, -0.2) is 11.9 Å². The van der Waals surface area contributed by atoms with Gasteiger partial charge < -0.3 is 10.6 Å². The zero-order valence-electron chi connectivity index (χ0n) is 12.2. The van der Waals surface area contributed by atoms with Gasteiger partial charge in [0.2, 0.25) is 5.91 Å². The quantitative estimate of drug-likeness (QED) is 0.877. The summed E-state index contributed by atoms with van der Waals surface area (Å²) in [6, 6.07) is 13.3.